The number of rotatable bonds is 2. The lowest BCUT2D eigenvalue weighted by Crippen LogP contribution is -2.42. The summed E-state index contributed by atoms with van der Waals surface area (Å²) < 4.78 is 19.2. The molecular formula is C18H19FN4O3. The summed E-state index contributed by atoms with van der Waals surface area (Å²) in [5, 5.41) is 0. The third-order valence-electron chi connectivity index (χ3n) is 4.76. The maximum atomic E-state index is 13.9. The number of morpholine rings is 1. The summed E-state index contributed by atoms with van der Waals surface area (Å²) in [7, 11) is 0. The number of anilines is 1. The molecule has 1 fully saturated rings. The normalized spacial score (nSPS) is 17.1. The molecule has 0 atom stereocenters. The molecule has 2 aliphatic rings. The zero-order valence-corrected chi connectivity index (χ0v) is 14.2. The average molecular weight is 358 g/mol. The van der Waals surface area contributed by atoms with Gasteiger partial charge < -0.3 is 14.5 Å². The number of nitrogens with one attached hydrogen (secondary N) is 1. The van der Waals surface area contributed by atoms with E-state index in [-0.39, 0.29) is 23.6 Å². The van der Waals surface area contributed by atoms with Crippen molar-refractivity contribution in [3.63, 3.8) is 0 Å². The van der Waals surface area contributed by atoms with Crippen LogP contribution >= 0.6 is 0 Å². The summed E-state index contributed by atoms with van der Waals surface area (Å²) in [6, 6.07) is 5.92. The minimum Gasteiger partial charge on any atom is -0.378 e. The number of carbonyl (C=O) groups is 1. The van der Waals surface area contributed by atoms with Crippen LogP contribution in [0.15, 0.2) is 29.1 Å². The molecule has 1 aromatic heterocycles. The van der Waals surface area contributed by atoms with E-state index in [1.807, 2.05) is 4.90 Å². The van der Waals surface area contributed by atoms with Crippen molar-refractivity contribution in [2.45, 2.75) is 13.0 Å². The number of amides is 1. The number of aromatic amines is 1. The molecule has 4 rings (SSSR count). The maximum absolute atomic E-state index is 13.9. The van der Waals surface area contributed by atoms with E-state index in [0.29, 0.717) is 56.5 Å². The van der Waals surface area contributed by atoms with Gasteiger partial charge in [0.05, 0.1) is 31.0 Å². The number of carbonyl (C=O) groups excluding carboxylic acids is 1. The number of benzene rings is 1. The number of halogens is 1. The van der Waals surface area contributed by atoms with E-state index in [4.69, 9.17) is 4.74 Å². The number of hydrogen-bond donors (Lipinski definition) is 1. The summed E-state index contributed by atoms with van der Waals surface area (Å²) in [6.45, 7) is 3.03. The first kappa shape index (κ1) is 16.7. The first-order valence-corrected chi connectivity index (χ1v) is 8.62. The smallest absolute Gasteiger partial charge is 0.257 e. The van der Waals surface area contributed by atoms with Gasteiger partial charge in [-0.25, -0.2) is 9.37 Å². The lowest BCUT2D eigenvalue weighted by Gasteiger charge is -2.31. The zero-order valence-electron chi connectivity index (χ0n) is 14.2. The van der Waals surface area contributed by atoms with Crippen LogP contribution in [0.3, 0.4) is 0 Å². The van der Waals surface area contributed by atoms with Crippen LogP contribution < -0.4 is 10.5 Å². The molecule has 0 spiro atoms. The van der Waals surface area contributed by atoms with E-state index in [0.717, 1.165) is 0 Å². The SMILES string of the molecule is O=C(c1ccccc1F)N1CCc2c(nc(N3CCOCC3)[nH]c2=O)C1. The predicted octanol–water partition coefficient (Wildman–Crippen LogP) is 0.944. The highest BCUT2D eigenvalue weighted by molar-refractivity contribution is 5.94. The van der Waals surface area contributed by atoms with Crippen LogP contribution in [0.5, 0.6) is 0 Å². The standard InChI is InChI=1S/C18H19FN4O3/c19-14-4-2-1-3-12(14)17(25)23-6-5-13-15(11-23)20-18(21-16(13)24)22-7-9-26-10-8-22/h1-4H,5-11H2,(H,20,21,24). The van der Waals surface area contributed by atoms with Crippen molar-refractivity contribution >= 4 is 11.9 Å². The van der Waals surface area contributed by atoms with Gasteiger partial charge in [0.15, 0.2) is 0 Å². The van der Waals surface area contributed by atoms with Crippen LogP contribution in [-0.2, 0) is 17.7 Å². The van der Waals surface area contributed by atoms with Gasteiger partial charge >= 0.3 is 0 Å². The molecule has 7 nitrogen and oxygen atoms in total. The molecule has 0 saturated carbocycles. The van der Waals surface area contributed by atoms with Crippen LogP contribution in [0.25, 0.3) is 0 Å². The summed E-state index contributed by atoms with van der Waals surface area (Å²) in [5.41, 5.74) is 1.04. The van der Waals surface area contributed by atoms with Crippen molar-refractivity contribution in [2.24, 2.45) is 0 Å². The van der Waals surface area contributed by atoms with E-state index in [1.54, 1.807) is 12.1 Å². The van der Waals surface area contributed by atoms with Gasteiger partial charge in [0.25, 0.3) is 11.5 Å². The van der Waals surface area contributed by atoms with Crippen molar-refractivity contribution in [1.82, 2.24) is 14.9 Å². The Kier molecular flexibility index (Phi) is 4.42. The monoisotopic (exact) mass is 358 g/mol. The number of fused-ring (bicyclic) bond motifs is 1. The molecule has 26 heavy (non-hydrogen) atoms. The zero-order chi connectivity index (χ0) is 18.1. The molecule has 0 aliphatic carbocycles. The largest absolute Gasteiger partial charge is 0.378 e. The van der Waals surface area contributed by atoms with Crippen molar-refractivity contribution in [2.75, 3.05) is 37.7 Å². The van der Waals surface area contributed by atoms with Gasteiger partial charge in [0.1, 0.15) is 5.82 Å². The molecular weight excluding hydrogens is 339 g/mol. The molecule has 1 aromatic carbocycles. The van der Waals surface area contributed by atoms with Crippen LogP contribution in [0.2, 0.25) is 0 Å². The van der Waals surface area contributed by atoms with Crippen LogP contribution in [0.1, 0.15) is 21.6 Å². The fraction of sp³-hybridized carbons (Fsp3) is 0.389. The molecule has 8 heteroatoms. The quantitative estimate of drug-likeness (QED) is 0.865. The summed E-state index contributed by atoms with van der Waals surface area (Å²) in [4.78, 5) is 36.0. The Labute approximate surface area is 149 Å². The molecule has 3 heterocycles. The summed E-state index contributed by atoms with van der Waals surface area (Å²) >= 11 is 0. The second-order valence-electron chi connectivity index (χ2n) is 6.37. The summed E-state index contributed by atoms with van der Waals surface area (Å²) in [6.07, 6.45) is 0.404. The second-order valence-corrected chi connectivity index (χ2v) is 6.37. The Hall–Kier alpha value is -2.74. The Bertz CT molecular complexity index is 892. The van der Waals surface area contributed by atoms with Crippen LogP contribution in [0, 0.1) is 5.82 Å². The molecule has 1 saturated heterocycles. The molecule has 1 amide bonds. The fourth-order valence-corrected chi connectivity index (χ4v) is 3.33. The first-order chi connectivity index (χ1) is 12.6. The minimum absolute atomic E-state index is 0.0363. The highest BCUT2D eigenvalue weighted by Gasteiger charge is 2.27. The molecule has 1 N–H and O–H groups in total. The summed E-state index contributed by atoms with van der Waals surface area (Å²) in [5.74, 6) is -0.433. The van der Waals surface area contributed by atoms with E-state index < -0.39 is 5.82 Å². The van der Waals surface area contributed by atoms with E-state index in [2.05, 4.69) is 9.97 Å². The van der Waals surface area contributed by atoms with Crippen molar-refractivity contribution in [3.8, 4) is 0 Å². The van der Waals surface area contributed by atoms with Crippen molar-refractivity contribution in [3.05, 3.63) is 57.3 Å². The van der Waals surface area contributed by atoms with Crippen molar-refractivity contribution < 1.29 is 13.9 Å². The highest BCUT2D eigenvalue weighted by Crippen LogP contribution is 2.20. The molecule has 2 aliphatic heterocycles. The number of hydrogen-bond acceptors (Lipinski definition) is 5. The third kappa shape index (κ3) is 3.08. The Morgan fingerprint density at radius 3 is 2.73 bits per heavy atom. The first-order valence-electron chi connectivity index (χ1n) is 8.62. The maximum Gasteiger partial charge on any atom is 0.257 e. The highest BCUT2D eigenvalue weighted by atomic mass is 19.1. The van der Waals surface area contributed by atoms with Crippen molar-refractivity contribution in [1.29, 1.82) is 0 Å². The van der Waals surface area contributed by atoms with Gasteiger partial charge in [0, 0.05) is 25.2 Å². The number of aromatic nitrogens is 2. The Morgan fingerprint density at radius 2 is 1.96 bits per heavy atom. The lowest BCUT2D eigenvalue weighted by molar-refractivity contribution is 0.0726. The minimum atomic E-state index is -0.545. The van der Waals surface area contributed by atoms with E-state index >= 15 is 0 Å². The molecule has 136 valence electrons. The van der Waals surface area contributed by atoms with Gasteiger partial charge in [-0.2, -0.15) is 0 Å². The van der Waals surface area contributed by atoms with Crippen LogP contribution in [-0.4, -0.2) is 53.6 Å². The van der Waals surface area contributed by atoms with Crippen LogP contribution in [0.4, 0.5) is 10.3 Å². The third-order valence-corrected chi connectivity index (χ3v) is 4.76. The van der Waals surface area contributed by atoms with Gasteiger partial charge in [-0.1, -0.05) is 12.1 Å². The van der Waals surface area contributed by atoms with Gasteiger partial charge in [-0.05, 0) is 18.6 Å². The number of H-pyrrole nitrogens is 1. The number of nitrogens with zero attached hydrogens (tertiary/aromatic N) is 3. The van der Waals surface area contributed by atoms with Gasteiger partial charge in [-0.3, -0.25) is 14.6 Å². The fourth-order valence-electron chi connectivity index (χ4n) is 3.33. The topological polar surface area (TPSA) is 78.5 Å². The predicted molar refractivity (Wildman–Crippen MR) is 92.7 cm³/mol. The average Bonchev–Trinajstić information content (AvgIpc) is 2.68. The molecule has 0 radical (unpaired) electrons. The van der Waals surface area contributed by atoms with Gasteiger partial charge in [0.2, 0.25) is 5.95 Å². The van der Waals surface area contributed by atoms with Gasteiger partial charge in [-0.15, -0.1) is 0 Å². The molecule has 0 unspecified atom stereocenters. The number of ether oxygens (including phenoxy) is 1. The van der Waals surface area contributed by atoms with E-state index in [9.17, 15) is 14.0 Å². The molecule has 0 bridgehead atoms. The molecule has 2 aromatic rings. The second kappa shape index (κ2) is 6.87. The Morgan fingerprint density at radius 1 is 1.19 bits per heavy atom. The lowest BCUT2D eigenvalue weighted by atomic mass is 10.1. The Balaban J connectivity index is 1.61. The van der Waals surface area contributed by atoms with E-state index in [1.165, 1.54) is 17.0 Å².